The number of nitrogens with zero attached hydrogens (tertiary/aromatic N) is 1. The van der Waals surface area contributed by atoms with E-state index < -0.39 is 47.1 Å². The number of esters is 1. The quantitative estimate of drug-likeness (QED) is 0.435. The van der Waals surface area contributed by atoms with Crippen molar-refractivity contribution in [3.63, 3.8) is 0 Å². The van der Waals surface area contributed by atoms with Crippen LogP contribution < -0.4 is 10.6 Å². The van der Waals surface area contributed by atoms with Gasteiger partial charge in [0.25, 0.3) is 0 Å². The zero-order valence-electron chi connectivity index (χ0n) is 23.8. The molecule has 0 bridgehead atoms. The number of nitrogens with one attached hydrogen (secondary N) is 2. The first-order chi connectivity index (χ1) is 17.0. The van der Waals surface area contributed by atoms with Crippen molar-refractivity contribution in [1.29, 1.82) is 0 Å². The maximum absolute atomic E-state index is 14.2. The van der Waals surface area contributed by atoms with Gasteiger partial charge < -0.3 is 25.0 Å². The second-order valence-corrected chi connectivity index (χ2v) is 11.9. The fourth-order valence-electron chi connectivity index (χ4n) is 3.74. The molecule has 1 rings (SSSR count). The Hall–Kier alpha value is -2.75. The summed E-state index contributed by atoms with van der Waals surface area (Å²) < 4.78 is 10.1. The molecular formula is C27H43N3O6S. The molecule has 0 fully saturated rings. The van der Waals surface area contributed by atoms with Gasteiger partial charge in [-0.05, 0) is 84.9 Å². The highest BCUT2D eigenvalue weighted by atomic mass is 32.2. The lowest BCUT2D eigenvalue weighted by Gasteiger charge is -2.43. The molecule has 1 aromatic rings. The Morgan fingerprint density at radius 3 is 2.19 bits per heavy atom. The summed E-state index contributed by atoms with van der Waals surface area (Å²) in [5, 5.41) is 5.34. The van der Waals surface area contributed by atoms with E-state index in [9.17, 15) is 19.2 Å². The van der Waals surface area contributed by atoms with Crippen molar-refractivity contribution in [2.75, 3.05) is 25.7 Å². The SMILES string of the molecule is COC(=O)CNC(=O)C(c1cc(C)ccc1C)N(C(=O)C(CCSC)NC(=O)OC(C)(C)C)C(C)(C)C. The Balaban J connectivity index is 3.61. The number of methoxy groups -OCH3 is 1. The minimum absolute atomic E-state index is 0.338. The lowest BCUT2D eigenvalue weighted by molar-refractivity contribution is -0.149. The lowest BCUT2D eigenvalue weighted by atomic mass is 9.91. The molecule has 0 aliphatic carbocycles. The Labute approximate surface area is 225 Å². The number of ether oxygens (including phenoxy) is 2. The summed E-state index contributed by atoms with van der Waals surface area (Å²) in [6.07, 6.45) is 1.55. The van der Waals surface area contributed by atoms with E-state index in [1.54, 1.807) is 32.5 Å². The maximum atomic E-state index is 14.2. The third-order valence-corrected chi connectivity index (χ3v) is 6.07. The van der Waals surface area contributed by atoms with E-state index in [4.69, 9.17) is 4.74 Å². The Kier molecular flexibility index (Phi) is 11.9. The maximum Gasteiger partial charge on any atom is 0.408 e. The first-order valence-corrected chi connectivity index (χ1v) is 13.6. The van der Waals surface area contributed by atoms with Crippen molar-refractivity contribution in [2.45, 2.75) is 85.0 Å². The molecular weight excluding hydrogens is 494 g/mol. The van der Waals surface area contributed by atoms with Crippen molar-refractivity contribution >= 4 is 35.6 Å². The summed E-state index contributed by atoms with van der Waals surface area (Å²) in [6, 6.07) is 3.69. The molecule has 0 radical (unpaired) electrons. The average Bonchev–Trinajstić information content (AvgIpc) is 2.77. The zero-order chi connectivity index (χ0) is 28.6. The van der Waals surface area contributed by atoms with Crippen LogP contribution in [0.5, 0.6) is 0 Å². The first kappa shape index (κ1) is 32.3. The van der Waals surface area contributed by atoms with Crippen LogP contribution in [-0.2, 0) is 23.9 Å². The summed E-state index contributed by atoms with van der Waals surface area (Å²) in [5.41, 5.74) is 0.792. The number of carbonyl (C=O) groups excluding carboxylic acids is 4. The molecule has 0 heterocycles. The molecule has 37 heavy (non-hydrogen) atoms. The summed E-state index contributed by atoms with van der Waals surface area (Å²) >= 11 is 1.54. The van der Waals surface area contributed by atoms with Gasteiger partial charge in [0, 0.05) is 5.54 Å². The van der Waals surface area contributed by atoms with Crippen LogP contribution in [0.3, 0.4) is 0 Å². The molecule has 208 valence electrons. The number of thioether (sulfide) groups is 1. The summed E-state index contributed by atoms with van der Waals surface area (Å²) in [4.78, 5) is 53.7. The molecule has 3 amide bonds. The van der Waals surface area contributed by atoms with Gasteiger partial charge in [-0.1, -0.05) is 23.8 Å². The highest BCUT2D eigenvalue weighted by molar-refractivity contribution is 7.98. The molecule has 0 saturated carbocycles. The first-order valence-electron chi connectivity index (χ1n) is 12.2. The standard InChI is InChI=1S/C27H43N3O6S/c1-17-11-12-18(2)19(15-17)22(23(32)28-16-21(31)35-9)30(26(3,4)5)24(33)20(13-14-37-10)29-25(34)36-27(6,7)8/h11-12,15,20,22H,13-14,16H2,1-10H3,(H,28,32)(H,29,34). The van der Waals surface area contributed by atoms with Crippen LogP contribution in [0.4, 0.5) is 4.79 Å². The van der Waals surface area contributed by atoms with Gasteiger partial charge in [0.1, 0.15) is 24.2 Å². The smallest absolute Gasteiger partial charge is 0.408 e. The molecule has 0 aromatic heterocycles. The van der Waals surface area contributed by atoms with E-state index >= 15 is 0 Å². The van der Waals surface area contributed by atoms with E-state index in [0.717, 1.165) is 11.1 Å². The largest absolute Gasteiger partial charge is 0.468 e. The fourth-order valence-corrected chi connectivity index (χ4v) is 4.21. The topological polar surface area (TPSA) is 114 Å². The van der Waals surface area contributed by atoms with Gasteiger partial charge in [-0.2, -0.15) is 11.8 Å². The minimum atomic E-state index is -1.06. The second kappa shape index (κ2) is 13.7. The van der Waals surface area contributed by atoms with E-state index in [2.05, 4.69) is 15.4 Å². The monoisotopic (exact) mass is 537 g/mol. The van der Waals surface area contributed by atoms with E-state index in [1.165, 1.54) is 12.0 Å². The van der Waals surface area contributed by atoms with Crippen molar-refractivity contribution in [1.82, 2.24) is 15.5 Å². The Bertz CT molecular complexity index is 968. The molecule has 2 N–H and O–H groups in total. The van der Waals surface area contributed by atoms with Crippen LogP contribution >= 0.6 is 11.8 Å². The minimum Gasteiger partial charge on any atom is -0.468 e. The summed E-state index contributed by atoms with van der Waals surface area (Å²) in [7, 11) is 1.24. The number of benzene rings is 1. The van der Waals surface area contributed by atoms with Gasteiger partial charge in [0.15, 0.2) is 0 Å². The van der Waals surface area contributed by atoms with Crippen molar-refractivity contribution in [3.8, 4) is 0 Å². The predicted octanol–water partition coefficient (Wildman–Crippen LogP) is 3.91. The molecule has 9 nitrogen and oxygen atoms in total. The van der Waals surface area contributed by atoms with E-state index in [1.807, 2.05) is 59.1 Å². The molecule has 10 heteroatoms. The van der Waals surface area contributed by atoms with Crippen LogP contribution in [0.25, 0.3) is 0 Å². The molecule has 0 spiro atoms. The average molecular weight is 538 g/mol. The molecule has 2 atom stereocenters. The molecule has 0 saturated heterocycles. The molecule has 0 aliphatic heterocycles. The Morgan fingerprint density at radius 1 is 1.05 bits per heavy atom. The van der Waals surface area contributed by atoms with Gasteiger partial charge in [-0.25, -0.2) is 4.79 Å². The normalized spacial score (nSPS) is 13.2. The van der Waals surface area contributed by atoms with Gasteiger partial charge in [0.2, 0.25) is 11.8 Å². The van der Waals surface area contributed by atoms with Crippen LogP contribution in [-0.4, -0.2) is 71.6 Å². The third kappa shape index (κ3) is 10.3. The summed E-state index contributed by atoms with van der Waals surface area (Å²) in [6.45, 7) is 14.2. The number of amides is 3. The number of carbonyl (C=O) groups is 4. The third-order valence-electron chi connectivity index (χ3n) is 5.43. The van der Waals surface area contributed by atoms with Crippen LogP contribution in [0.15, 0.2) is 18.2 Å². The number of hydrogen-bond donors (Lipinski definition) is 2. The number of aryl methyl sites for hydroxylation is 2. The highest BCUT2D eigenvalue weighted by Crippen LogP contribution is 2.32. The van der Waals surface area contributed by atoms with Crippen molar-refractivity contribution < 1.29 is 28.7 Å². The lowest BCUT2D eigenvalue weighted by Crippen LogP contribution is -2.59. The van der Waals surface area contributed by atoms with Gasteiger partial charge in [-0.3, -0.25) is 14.4 Å². The zero-order valence-corrected chi connectivity index (χ0v) is 24.6. The molecule has 1 aromatic carbocycles. The van der Waals surface area contributed by atoms with Crippen LogP contribution in [0, 0.1) is 13.8 Å². The Morgan fingerprint density at radius 2 is 1.68 bits per heavy atom. The molecule has 2 unspecified atom stereocenters. The second-order valence-electron chi connectivity index (χ2n) is 10.9. The van der Waals surface area contributed by atoms with Crippen LogP contribution in [0.1, 0.15) is 70.7 Å². The summed E-state index contributed by atoms with van der Waals surface area (Å²) in [5.74, 6) is -0.951. The van der Waals surface area contributed by atoms with E-state index in [0.29, 0.717) is 17.7 Å². The number of hydrogen-bond acceptors (Lipinski definition) is 7. The van der Waals surface area contributed by atoms with Crippen LogP contribution in [0.2, 0.25) is 0 Å². The molecule has 0 aliphatic rings. The predicted molar refractivity (Wildman–Crippen MR) is 146 cm³/mol. The van der Waals surface area contributed by atoms with Crippen molar-refractivity contribution in [3.05, 3.63) is 34.9 Å². The highest BCUT2D eigenvalue weighted by Gasteiger charge is 2.42. The van der Waals surface area contributed by atoms with Gasteiger partial charge >= 0.3 is 12.1 Å². The number of rotatable bonds is 10. The number of alkyl carbamates (subject to hydrolysis) is 1. The van der Waals surface area contributed by atoms with E-state index in [-0.39, 0.29) is 6.54 Å². The van der Waals surface area contributed by atoms with Crippen molar-refractivity contribution in [2.24, 2.45) is 0 Å². The van der Waals surface area contributed by atoms with Gasteiger partial charge in [0.05, 0.1) is 7.11 Å². The van der Waals surface area contributed by atoms with Gasteiger partial charge in [-0.15, -0.1) is 0 Å². The fraction of sp³-hybridized carbons (Fsp3) is 0.630.